The van der Waals surface area contributed by atoms with Crippen molar-refractivity contribution >= 4 is 17.2 Å². The number of rotatable bonds is 5. The van der Waals surface area contributed by atoms with E-state index in [2.05, 4.69) is 15.5 Å². The summed E-state index contributed by atoms with van der Waals surface area (Å²) >= 11 is 1.62. The van der Waals surface area contributed by atoms with Gasteiger partial charge in [-0.25, -0.2) is 5.10 Å². The molecule has 0 bridgehead atoms. The van der Waals surface area contributed by atoms with Gasteiger partial charge >= 0.3 is 0 Å². The van der Waals surface area contributed by atoms with Crippen molar-refractivity contribution in [1.29, 1.82) is 0 Å². The number of benzene rings is 1. The third-order valence-electron chi connectivity index (χ3n) is 3.72. The standard InChI is InChI=1S/C18H17N3O2S/c1-12-9-10-24-17(12)15(11-13-5-3-2-4-6-13)19-18(23)14-7-8-16(22)21-20-14/h2-10,15H,11H2,1H3,(H,19,23)(H,21,22). The van der Waals surface area contributed by atoms with Crippen LogP contribution in [-0.2, 0) is 6.42 Å². The Bertz CT molecular complexity index is 866. The van der Waals surface area contributed by atoms with E-state index < -0.39 is 0 Å². The summed E-state index contributed by atoms with van der Waals surface area (Å²) in [6, 6.07) is 14.6. The summed E-state index contributed by atoms with van der Waals surface area (Å²) in [6.45, 7) is 2.04. The first kappa shape index (κ1) is 16.1. The van der Waals surface area contributed by atoms with Crippen molar-refractivity contribution in [1.82, 2.24) is 15.5 Å². The molecule has 1 aromatic carbocycles. The number of carbonyl (C=O) groups is 1. The number of hydrogen-bond acceptors (Lipinski definition) is 4. The van der Waals surface area contributed by atoms with Gasteiger partial charge < -0.3 is 5.32 Å². The zero-order valence-corrected chi connectivity index (χ0v) is 14.0. The van der Waals surface area contributed by atoms with Crippen LogP contribution in [0.4, 0.5) is 0 Å². The Balaban J connectivity index is 1.84. The number of carbonyl (C=O) groups excluding carboxylic acids is 1. The number of aryl methyl sites for hydroxylation is 1. The molecule has 1 atom stereocenters. The highest BCUT2D eigenvalue weighted by Crippen LogP contribution is 2.27. The number of amides is 1. The fraction of sp³-hybridized carbons (Fsp3) is 0.167. The maximum absolute atomic E-state index is 12.5. The fourth-order valence-electron chi connectivity index (χ4n) is 2.50. The monoisotopic (exact) mass is 339 g/mol. The minimum atomic E-state index is -0.332. The second kappa shape index (κ2) is 7.23. The van der Waals surface area contributed by atoms with E-state index in [9.17, 15) is 9.59 Å². The normalized spacial score (nSPS) is 11.9. The first-order valence-corrected chi connectivity index (χ1v) is 8.46. The second-order valence-corrected chi connectivity index (χ2v) is 6.44. The lowest BCUT2D eigenvalue weighted by atomic mass is 10.0. The van der Waals surface area contributed by atoms with E-state index in [1.165, 1.54) is 12.1 Å². The summed E-state index contributed by atoms with van der Waals surface area (Å²) in [4.78, 5) is 24.7. The molecule has 2 heterocycles. The van der Waals surface area contributed by atoms with Gasteiger partial charge in [0.25, 0.3) is 11.5 Å². The first-order chi connectivity index (χ1) is 11.6. The topological polar surface area (TPSA) is 74.8 Å². The maximum Gasteiger partial charge on any atom is 0.272 e. The highest BCUT2D eigenvalue weighted by molar-refractivity contribution is 7.10. The van der Waals surface area contributed by atoms with E-state index in [0.29, 0.717) is 6.42 Å². The predicted octanol–water partition coefficient (Wildman–Crippen LogP) is 2.85. The van der Waals surface area contributed by atoms with E-state index in [1.54, 1.807) is 11.3 Å². The molecule has 0 aliphatic heterocycles. The summed E-state index contributed by atoms with van der Waals surface area (Å²) in [6.07, 6.45) is 0.692. The number of nitrogens with one attached hydrogen (secondary N) is 2. The number of nitrogens with zero attached hydrogens (tertiary/aromatic N) is 1. The van der Waals surface area contributed by atoms with Crippen LogP contribution >= 0.6 is 11.3 Å². The number of aromatic nitrogens is 2. The van der Waals surface area contributed by atoms with Crippen LogP contribution in [0.5, 0.6) is 0 Å². The van der Waals surface area contributed by atoms with Gasteiger partial charge in [-0.1, -0.05) is 30.3 Å². The Morgan fingerprint density at radius 1 is 1.21 bits per heavy atom. The molecular formula is C18H17N3O2S. The Morgan fingerprint density at radius 2 is 2.00 bits per heavy atom. The average Bonchev–Trinajstić information content (AvgIpc) is 3.02. The summed E-state index contributed by atoms with van der Waals surface area (Å²) in [7, 11) is 0. The molecule has 0 saturated carbocycles. The minimum Gasteiger partial charge on any atom is -0.343 e. The molecule has 2 aromatic heterocycles. The summed E-state index contributed by atoms with van der Waals surface area (Å²) in [5.74, 6) is -0.306. The Morgan fingerprint density at radius 3 is 2.62 bits per heavy atom. The van der Waals surface area contributed by atoms with Crippen LogP contribution in [0.3, 0.4) is 0 Å². The molecule has 122 valence electrons. The van der Waals surface area contributed by atoms with E-state index in [4.69, 9.17) is 0 Å². The van der Waals surface area contributed by atoms with Crippen LogP contribution in [0.15, 0.2) is 58.7 Å². The lowest BCUT2D eigenvalue weighted by Gasteiger charge is -2.18. The number of thiophene rings is 1. The van der Waals surface area contributed by atoms with Crippen LogP contribution < -0.4 is 10.9 Å². The maximum atomic E-state index is 12.5. The lowest BCUT2D eigenvalue weighted by Crippen LogP contribution is -2.31. The molecule has 2 N–H and O–H groups in total. The van der Waals surface area contributed by atoms with Gasteiger partial charge in [0.2, 0.25) is 0 Å². The number of aromatic amines is 1. The molecule has 0 aliphatic carbocycles. The molecule has 5 nitrogen and oxygen atoms in total. The Labute approximate surface area is 143 Å². The Hall–Kier alpha value is -2.73. The SMILES string of the molecule is Cc1ccsc1C(Cc1ccccc1)NC(=O)c1ccc(=O)[nH]n1. The van der Waals surface area contributed by atoms with Crippen molar-refractivity contribution in [2.75, 3.05) is 0 Å². The van der Waals surface area contributed by atoms with Gasteiger partial charge in [-0.3, -0.25) is 9.59 Å². The largest absolute Gasteiger partial charge is 0.343 e. The van der Waals surface area contributed by atoms with E-state index >= 15 is 0 Å². The fourth-order valence-corrected chi connectivity index (χ4v) is 3.48. The quantitative estimate of drug-likeness (QED) is 0.750. The van der Waals surface area contributed by atoms with Gasteiger partial charge in [-0.2, -0.15) is 5.10 Å². The van der Waals surface area contributed by atoms with Gasteiger partial charge in [0.05, 0.1) is 6.04 Å². The summed E-state index contributed by atoms with van der Waals surface area (Å²) < 4.78 is 0. The van der Waals surface area contributed by atoms with Crippen LogP contribution in [0.25, 0.3) is 0 Å². The van der Waals surface area contributed by atoms with Gasteiger partial charge in [-0.15, -0.1) is 11.3 Å². The third kappa shape index (κ3) is 3.78. The molecule has 6 heteroatoms. The van der Waals surface area contributed by atoms with Crippen molar-refractivity contribution in [3.05, 3.63) is 86.0 Å². The predicted molar refractivity (Wildman–Crippen MR) is 94.3 cm³/mol. The lowest BCUT2D eigenvalue weighted by molar-refractivity contribution is 0.0931. The van der Waals surface area contributed by atoms with Crippen molar-refractivity contribution in [3.63, 3.8) is 0 Å². The van der Waals surface area contributed by atoms with Crippen LogP contribution in [0.1, 0.15) is 32.5 Å². The molecule has 1 unspecified atom stereocenters. The average molecular weight is 339 g/mol. The molecule has 0 radical (unpaired) electrons. The Kier molecular flexibility index (Phi) is 4.86. The van der Waals surface area contributed by atoms with Crippen molar-refractivity contribution in [3.8, 4) is 0 Å². The molecule has 3 aromatic rings. The zero-order valence-electron chi connectivity index (χ0n) is 13.2. The summed E-state index contributed by atoms with van der Waals surface area (Å²) in [5.41, 5.74) is 2.16. The number of hydrogen-bond donors (Lipinski definition) is 2. The second-order valence-electron chi connectivity index (χ2n) is 5.49. The van der Waals surface area contributed by atoms with Crippen LogP contribution in [0.2, 0.25) is 0 Å². The smallest absolute Gasteiger partial charge is 0.272 e. The molecular weight excluding hydrogens is 322 g/mol. The first-order valence-electron chi connectivity index (χ1n) is 7.58. The molecule has 3 rings (SSSR count). The number of H-pyrrole nitrogens is 1. The molecule has 0 fully saturated rings. The van der Waals surface area contributed by atoms with Gasteiger partial charge in [-0.05, 0) is 42.0 Å². The minimum absolute atomic E-state index is 0.145. The van der Waals surface area contributed by atoms with Crippen molar-refractivity contribution in [2.24, 2.45) is 0 Å². The van der Waals surface area contributed by atoms with Crippen molar-refractivity contribution in [2.45, 2.75) is 19.4 Å². The molecule has 0 aliphatic rings. The van der Waals surface area contributed by atoms with Gasteiger partial charge in [0, 0.05) is 10.9 Å². The van der Waals surface area contributed by atoms with Gasteiger partial charge in [0.1, 0.15) is 5.69 Å². The zero-order chi connectivity index (χ0) is 16.9. The molecule has 1 amide bonds. The molecule has 24 heavy (non-hydrogen) atoms. The van der Waals surface area contributed by atoms with Crippen molar-refractivity contribution < 1.29 is 4.79 Å². The molecule has 0 spiro atoms. The third-order valence-corrected chi connectivity index (χ3v) is 4.85. The summed E-state index contributed by atoms with van der Waals surface area (Å²) in [5, 5.41) is 11.1. The van der Waals surface area contributed by atoms with Gasteiger partial charge in [0.15, 0.2) is 0 Å². The molecule has 0 saturated heterocycles. The highest BCUT2D eigenvalue weighted by Gasteiger charge is 2.20. The van der Waals surface area contributed by atoms with E-state index in [-0.39, 0.29) is 23.2 Å². The van der Waals surface area contributed by atoms with Crippen LogP contribution in [0, 0.1) is 6.92 Å². The van der Waals surface area contributed by atoms with Crippen LogP contribution in [-0.4, -0.2) is 16.1 Å². The van der Waals surface area contributed by atoms with E-state index in [1.807, 2.05) is 48.7 Å². The van der Waals surface area contributed by atoms with E-state index in [0.717, 1.165) is 16.0 Å². The highest BCUT2D eigenvalue weighted by atomic mass is 32.1.